The van der Waals surface area contributed by atoms with Crippen molar-refractivity contribution in [2.75, 3.05) is 7.11 Å². The standard InChI is InChI=1S/C17H20O2/c1-12-6-7-13-4-3-5-16(18)17(12,13)14-8-10-15(19-2)11-9-14/h8-11,13H,1,3-7H2,2H3/t13?,17-/m0/s1. The first-order valence-electron chi connectivity index (χ1n) is 7.05. The average molecular weight is 256 g/mol. The van der Waals surface area contributed by atoms with Gasteiger partial charge in [0.1, 0.15) is 11.5 Å². The molecule has 0 radical (unpaired) electrons. The molecule has 2 nitrogen and oxygen atoms in total. The summed E-state index contributed by atoms with van der Waals surface area (Å²) in [6.45, 7) is 4.23. The summed E-state index contributed by atoms with van der Waals surface area (Å²) in [6, 6.07) is 8.00. The molecule has 0 heterocycles. The van der Waals surface area contributed by atoms with Crippen molar-refractivity contribution in [1.29, 1.82) is 0 Å². The van der Waals surface area contributed by atoms with E-state index in [1.807, 2.05) is 24.3 Å². The van der Waals surface area contributed by atoms with Gasteiger partial charge in [0.05, 0.1) is 12.5 Å². The Balaban J connectivity index is 2.10. The minimum absolute atomic E-state index is 0.372. The highest BCUT2D eigenvalue weighted by Gasteiger charge is 2.53. The van der Waals surface area contributed by atoms with Gasteiger partial charge in [-0.15, -0.1) is 0 Å². The van der Waals surface area contributed by atoms with E-state index in [4.69, 9.17) is 4.74 Å². The molecule has 0 bridgehead atoms. The number of fused-ring (bicyclic) bond motifs is 1. The zero-order valence-corrected chi connectivity index (χ0v) is 11.4. The lowest BCUT2D eigenvalue weighted by atomic mass is 9.62. The molecule has 100 valence electrons. The fourth-order valence-electron chi connectivity index (χ4n) is 4.00. The summed E-state index contributed by atoms with van der Waals surface area (Å²) < 4.78 is 5.21. The topological polar surface area (TPSA) is 26.3 Å². The number of rotatable bonds is 2. The van der Waals surface area contributed by atoms with Gasteiger partial charge in [0.25, 0.3) is 0 Å². The molecular formula is C17H20O2. The second kappa shape index (κ2) is 4.52. The van der Waals surface area contributed by atoms with Crippen molar-refractivity contribution in [2.24, 2.45) is 5.92 Å². The number of carbonyl (C=O) groups excluding carboxylic acids is 1. The number of benzene rings is 1. The Bertz CT molecular complexity index is 515. The van der Waals surface area contributed by atoms with E-state index in [0.717, 1.165) is 42.6 Å². The summed E-state index contributed by atoms with van der Waals surface area (Å²) in [5.74, 6) is 1.66. The van der Waals surface area contributed by atoms with Crippen LogP contribution in [0.2, 0.25) is 0 Å². The monoisotopic (exact) mass is 256 g/mol. The zero-order valence-electron chi connectivity index (χ0n) is 11.4. The number of allylic oxidation sites excluding steroid dienone is 1. The van der Waals surface area contributed by atoms with Crippen molar-refractivity contribution >= 4 is 5.78 Å². The number of hydrogen-bond acceptors (Lipinski definition) is 2. The van der Waals surface area contributed by atoms with Gasteiger partial charge in [0, 0.05) is 6.42 Å². The number of ether oxygens (including phenoxy) is 1. The maximum Gasteiger partial charge on any atom is 0.147 e. The number of Topliss-reactive ketones (excluding diaryl/α,β-unsaturated/α-hetero) is 1. The van der Waals surface area contributed by atoms with Crippen LogP contribution in [0.3, 0.4) is 0 Å². The number of ketones is 1. The van der Waals surface area contributed by atoms with Crippen molar-refractivity contribution < 1.29 is 9.53 Å². The maximum atomic E-state index is 12.7. The summed E-state index contributed by atoms with van der Waals surface area (Å²) in [6.07, 6.45) is 4.98. The molecule has 0 aromatic heterocycles. The molecule has 0 saturated heterocycles. The third-order valence-electron chi connectivity index (χ3n) is 4.91. The van der Waals surface area contributed by atoms with E-state index in [2.05, 4.69) is 6.58 Å². The molecule has 2 fully saturated rings. The van der Waals surface area contributed by atoms with Crippen molar-refractivity contribution in [3.63, 3.8) is 0 Å². The Morgan fingerprint density at radius 1 is 1.21 bits per heavy atom. The largest absolute Gasteiger partial charge is 0.497 e. The van der Waals surface area contributed by atoms with Crippen LogP contribution in [0.5, 0.6) is 5.75 Å². The molecule has 3 rings (SSSR count). The predicted molar refractivity (Wildman–Crippen MR) is 75.4 cm³/mol. The third kappa shape index (κ3) is 1.66. The van der Waals surface area contributed by atoms with Gasteiger partial charge >= 0.3 is 0 Å². The van der Waals surface area contributed by atoms with E-state index in [-0.39, 0.29) is 0 Å². The lowest BCUT2D eigenvalue weighted by molar-refractivity contribution is -0.126. The van der Waals surface area contributed by atoms with Crippen LogP contribution in [0.15, 0.2) is 36.4 Å². The summed E-state index contributed by atoms with van der Waals surface area (Å²) in [7, 11) is 1.66. The highest BCUT2D eigenvalue weighted by Crippen LogP contribution is 2.54. The molecular weight excluding hydrogens is 236 g/mol. The van der Waals surface area contributed by atoms with Gasteiger partial charge in [-0.25, -0.2) is 0 Å². The molecule has 1 aromatic rings. The SMILES string of the molecule is C=C1CCC2CCCC(=O)[C@@]12c1ccc(OC)cc1. The van der Waals surface area contributed by atoms with Gasteiger partial charge in [-0.2, -0.15) is 0 Å². The first-order chi connectivity index (χ1) is 9.19. The van der Waals surface area contributed by atoms with Gasteiger partial charge in [0.15, 0.2) is 0 Å². The van der Waals surface area contributed by atoms with E-state index < -0.39 is 5.41 Å². The Kier molecular flexibility index (Phi) is 2.96. The van der Waals surface area contributed by atoms with Crippen LogP contribution in [-0.2, 0) is 10.2 Å². The minimum Gasteiger partial charge on any atom is -0.497 e. The first-order valence-corrected chi connectivity index (χ1v) is 7.05. The molecule has 2 aliphatic carbocycles. The van der Waals surface area contributed by atoms with E-state index >= 15 is 0 Å². The average Bonchev–Trinajstić information content (AvgIpc) is 2.79. The Morgan fingerprint density at radius 3 is 2.63 bits per heavy atom. The van der Waals surface area contributed by atoms with Gasteiger partial charge in [0.2, 0.25) is 0 Å². The molecule has 0 amide bonds. The third-order valence-corrected chi connectivity index (χ3v) is 4.91. The van der Waals surface area contributed by atoms with Gasteiger partial charge < -0.3 is 4.74 Å². The molecule has 0 aliphatic heterocycles. The Morgan fingerprint density at radius 2 is 1.95 bits per heavy atom. The smallest absolute Gasteiger partial charge is 0.147 e. The second-order valence-electron chi connectivity index (χ2n) is 5.69. The molecule has 2 saturated carbocycles. The van der Waals surface area contributed by atoms with Crippen molar-refractivity contribution in [3.8, 4) is 5.75 Å². The van der Waals surface area contributed by atoms with Crippen molar-refractivity contribution in [2.45, 2.75) is 37.5 Å². The maximum absolute atomic E-state index is 12.7. The molecule has 2 aliphatic rings. The van der Waals surface area contributed by atoms with Crippen LogP contribution in [0.1, 0.15) is 37.7 Å². The van der Waals surface area contributed by atoms with E-state index in [1.165, 1.54) is 0 Å². The van der Waals surface area contributed by atoms with E-state index in [1.54, 1.807) is 7.11 Å². The van der Waals surface area contributed by atoms with Crippen LogP contribution in [0, 0.1) is 5.92 Å². The number of hydrogen-bond donors (Lipinski definition) is 0. The Hall–Kier alpha value is -1.57. The fourth-order valence-corrected chi connectivity index (χ4v) is 4.00. The summed E-state index contributed by atoms with van der Waals surface area (Å²) in [5, 5.41) is 0. The molecule has 2 heteroatoms. The van der Waals surface area contributed by atoms with Crippen LogP contribution in [0.4, 0.5) is 0 Å². The van der Waals surface area contributed by atoms with Gasteiger partial charge in [-0.1, -0.05) is 24.3 Å². The predicted octanol–water partition coefficient (Wildman–Crippen LogP) is 3.65. The Labute approximate surface area is 114 Å². The highest BCUT2D eigenvalue weighted by molar-refractivity contribution is 5.95. The van der Waals surface area contributed by atoms with Crippen molar-refractivity contribution in [3.05, 3.63) is 42.0 Å². The molecule has 0 spiro atoms. The van der Waals surface area contributed by atoms with Crippen LogP contribution in [-0.4, -0.2) is 12.9 Å². The summed E-state index contributed by atoms with van der Waals surface area (Å²) >= 11 is 0. The normalized spacial score (nSPS) is 30.3. The highest BCUT2D eigenvalue weighted by atomic mass is 16.5. The molecule has 0 N–H and O–H groups in total. The van der Waals surface area contributed by atoms with Crippen LogP contribution >= 0.6 is 0 Å². The second-order valence-corrected chi connectivity index (χ2v) is 5.69. The minimum atomic E-state index is -0.398. The zero-order chi connectivity index (χ0) is 13.5. The van der Waals surface area contributed by atoms with Crippen LogP contribution < -0.4 is 4.74 Å². The number of methoxy groups -OCH3 is 1. The summed E-state index contributed by atoms with van der Waals surface area (Å²) in [4.78, 5) is 12.7. The van der Waals surface area contributed by atoms with Crippen molar-refractivity contribution in [1.82, 2.24) is 0 Å². The fraction of sp³-hybridized carbons (Fsp3) is 0.471. The quantitative estimate of drug-likeness (QED) is 0.755. The van der Waals surface area contributed by atoms with Gasteiger partial charge in [-0.05, 0) is 49.3 Å². The summed E-state index contributed by atoms with van der Waals surface area (Å²) in [5.41, 5.74) is 1.84. The molecule has 1 aromatic carbocycles. The van der Waals surface area contributed by atoms with E-state index in [0.29, 0.717) is 18.1 Å². The molecule has 1 unspecified atom stereocenters. The van der Waals surface area contributed by atoms with E-state index in [9.17, 15) is 4.79 Å². The van der Waals surface area contributed by atoms with Gasteiger partial charge in [-0.3, -0.25) is 4.79 Å². The lowest BCUT2D eigenvalue weighted by Gasteiger charge is -2.39. The lowest BCUT2D eigenvalue weighted by Crippen LogP contribution is -2.43. The van der Waals surface area contributed by atoms with Crippen LogP contribution in [0.25, 0.3) is 0 Å². The molecule has 2 atom stereocenters. The molecule has 19 heavy (non-hydrogen) atoms. The number of carbonyl (C=O) groups is 1. The first kappa shape index (κ1) is 12.5.